The van der Waals surface area contributed by atoms with Gasteiger partial charge in [0.2, 0.25) is 0 Å². The topological polar surface area (TPSA) is 72.3 Å². The van der Waals surface area contributed by atoms with E-state index < -0.39 is 0 Å². The van der Waals surface area contributed by atoms with Crippen LogP contribution in [-0.4, -0.2) is 41.6 Å². The van der Waals surface area contributed by atoms with Crippen molar-refractivity contribution in [2.24, 2.45) is 5.92 Å². The summed E-state index contributed by atoms with van der Waals surface area (Å²) in [6, 6.07) is 15.9. The average molecular weight is 404 g/mol. The molecule has 2 aliphatic rings. The highest BCUT2D eigenvalue weighted by Gasteiger charge is 2.34. The van der Waals surface area contributed by atoms with E-state index in [4.69, 9.17) is 0 Å². The van der Waals surface area contributed by atoms with Crippen molar-refractivity contribution in [2.45, 2.75) is 44.6 Å². The molecule has 2 amide bonds. The third-order valence-electron chi connectivity index (χ3n) is 6.38. The summed E-state index contributed by atoms with van der Waals surface area (Å²) in [6.45, 7) is 2.57. The lowest BCUT2D eigenvalue weighted by molar-refractivity contribution is 0.146. The number of urea groups is 1. The van der Waals surface area contributed by atoms with Crippen molar-refractivity contribution >= 4 is 17.5 Å². The van der Waals surface area contributed by atoms with Crippen LogP contribution in [0.4, 0.5) is 16.3 Å². The normalized spacial score (nSPS) is 20.3. The molecule has 30 heavy (non-hydrogen) atoms. The Morgan fingerprint density at radius 3 is 2.57 bits per heavy atom. The van der Waals surface area contributed by atoms with Gasteiger partial charge in [-0.2, -0.15) is 5.26 Å². The first-order valence-electron chi connectivity index (χ1n) is 11.0. The van der Waals surface area contributed by atoms with Gasteiger partial charge in [0.25, 0.3) is 0 Å². The summed E-state index contributed by atoms with van der Waals surface area (Å²) in [6.07, 6.45) is 8.28. The van der Waals surface area contributed by atoms with Gasteiger partial charge in [-0.05, 0) is 55.9 Å². The number of pyridine rings is 1. The molecule has 1 atom stereocenters. The molecule has 2 saturated heterocycles. The molecule has 0 bridgehead atoms. The Morgan fingerprint density at radius 1 is 1.00 bits per heavy atom. The Morgan fingerprint density at radius 2 is 1.80 bits per heavy atom. The number of nitriles is 1. The molecule has 1 aromatic heterocycles. The SMILES string of the molecule is N#Cc1cccnc1N1CCC([C@@H]2CCCCCN2C(=O)Nc2ccccc2)CC1. The van der Waals surface area contributed by atoms with Crippen LogP contribution in [0.25, 0.3) is 0 Å². The molecule has 2 aromatic rings. The number of likely N-dealkylation sites (tertiary alicyclic amines) is 1. The summed E-state index contributed by atoms with van der Waals surface area (Å²) >= 11 is 0. The van der Waals surface area contributed by atoms with Gasteiger partial charge >= 0.3 is 6.03 Å². The van der Waals surface area contributed by atoms with Gasteiger partial charge in [-0.15, -0.1) is 0 Å². The molecular formula is C24H29N5O. The molecule has 0 spiro atoms. The molecule has 2 fully saturated rings. The molecule has 156 valence electrons. The van der Waals surface area contributed by atoms with E-state index in [2.05, 4.69) is 26.2 Å². The first-order valence-corrected chi connectivity index (χ1v) is 11.0. The van der Waals surface area contributed by atoms with Crippen LogP contribution in [0.15, 0.2) is 48.7 Å². The van der Waals surface area contributed by atoms with Gasteiger partial charge in [0.15, 0.2) is 0 Å². The lowest BCUT2D eigenvalue weighted by Gasteiger charge is -2.41. The first kappa shape index (κ1) is 20.2. The van der Waals surface area contributed by atoms with Gasteiger partial charge in [0, 0.05) is 37.6 Å². The molecule has 0 unspecified atom stereocenters. The minimum Gasteiger partial charge on any atom is -0.356 e. The fourth-order valence-electron chi connectivity index (χ4n) is 4.83. The quantitative estimate of drug-likeness (QED) is 0.810. The molecule has 4 rings (SSSR count). The van der Waals surface area contributed by atoms with Crippen molar-refractivity contribution in [3.8, 4) is 6.07 Å². The van der Waals surface area contributed by atoms with Crippen molar-refractivity contribution in [3.63, 3.8) is 0 Å². The lowest BCUT2D eigenvalue weighted by atomic mass is 9.86. The summed E-state index contributed by atoms with van der Waals surface area (Å²) in [4.78, 5) is 21.9. The van der Waals surface area contributed by atoms with Gasteiger partial charge in [-0.3, -0.25) is 0 Å². The fourth-order valence-corrected chi connectivity index (χ4v) is 4.83. The van der Waals surface area contributed by atoms with E-state index in [9.17, 15) is 10.1 Å². The Kier molecular flexibility index (Phi) is 6.48. The van der Waals surface area contributed by atoms with Crippen LogP contribution in [0, 0.1) is 17.2 Å². The van der Waals surface area contributed by atoms with Crippen LogP contribution in [0.3, 0.4) is 0 Å². The maximum Gasteiger partial charge on any atom is 0.322 e. The number of amides is 2. The van der Waals surface area contributed by atoms with Crippen molar-refractivity contribution in [3.05, 3.63) is 54.2 Å². The Balaban J connectivity index is 1.43. The van der Waals surface area contributed by atoms with Crippen LogP contribution in [-0.2, 0) is 0 Å². The average Bonchev–Trinajstić information content (AvgIpc) is 3.06. The van der Waals surface area contributed by atoms with E-state index in [1.54, 1.807) is 6.20 Å². The Labute approximate surface area is 178 Å². The molecule has 6 nitrogen and oxygen atoms in total. The van der Waals surface area contributed by atoms with Crippen LogP contribution < -0.4 is 10.2 Å². The minimum atomic E-state index is 0.0204. The number of nitrogens with one attached hydrogen (secondary N) is 1. The first-order chi connectivity index (χ1) is 14.8. The standard InChI is InChI=1S/C24H29N5O/c25-18-20-8-7-14-26-23(20)28-16-12-19(13-17-28)22-11-5-2-6-15-29(22)24(30)27-21-9-3-1-4-10-21/h1,3-4,7-10,14,19,22H,2,5-6,11-13,15-17H2,(H,27,30)/t22-/m0/s1. The third-order valence-corrected chi connectivity index (χ3v) is 6.38. The Bertz CT molecular complexity index is 886. The van der Waals surface area contributed by atoms with Gasteiger partial charge in [0.1, 0.15) is 11.9 Å². The number of carbonyl (C=O) groups excluding carboxylic acids is 1. The van der Waals surface area contributed by atoms with E-state index >= 15 is 0 Å². The number of anilines is 2. The van der Waals surface area contributed by atoms with E-state index in [-0.39, 0.29) is 12.1 Å². The number of nitrogens with zero attached hydrogens (tertiary/aromatic N) is 4. The number of aromatic nitrogens is 1. The van der Waals surface area contributed by atoms with Gasteiger partial charge in [-0.1, -0.05) is 31.0 Å². The summed E-state index contributed by atoms with van der Waals surface area (Å²) < 4.78 is 0. The number of para-hydroxylation sites is 1. The number of hydrogen-bond donors (Lipinski definition) is 1. The maximum atomic E-state index is 13.1. The number of rotatable bonds is 3. The fraction of sp³-hybridized carbons (Fsp3) is 0.458. The van der Waals surface area contributed by atoms with Gasteiger partial charge < -0.3 is 15.1 Å². The van der Waals surface area contributed by atoms with E-state index in [0.717, 1.165) is 56.8 Å². The Hall–Kier alpha value is -3.07. The van der Waals surface area contributed by atoms with Crippen molar-refractivity contribution in [2.75, 3.05) is 29.9 Å². The minimum absolute atomic E-state index is 0.0204. The predicted molar refractivity (Wildman–Crippen MR) is 118 cm³/mol. The second-order valence-electron chi connectivity index (χ2n) is 8.22. The zero-order valence-electron chi connectivity index (χ0n) is 17.3. The van der Waals surface area contributed by atoms with E-state index in [1.807, 2.05) is 42.5 Å². The highest BCUT2D eigenvalue weighted by molar-refractivity contribution is 5.89. The van der Waals surface area contributed by atoms with Gasteiger partial charge in [0.05, 0.1) is 5.56 Å². The monoisotopic (exact) mass is 403 g/mol. The van der Waals surface area contributed by atoms with Crippen LogP contribution in [0.5, 0.6) is 0 Å². The third kappa shape index (κ3) is 4.56. The van der Waals surface area contributed by atoms with Crippen molar-refractivity contribution < 1.29 is 4.79 Å². The van der Waals surface area contributed by atoms with Crippen LogP contribution in [0.2, 0.25) is 0 Å². The summed E-state index contributed by atoms with van der Waals surface area (Å²) in [5, 5.41) is 12.5. The number of carbonyl (C=O) groups is 1. The second kappa shape index (κ2) is 9.62. The van der Waals surface area contributed by atoms with Crippen molar-refractivity contribution in [1.82, 2.24) is 9.88 Å². The maximum absolute atomic E-state index is 13.1. The lowest BCUT2D eigenvalue weighted by Crippen LogP contribution is -2.49. The van der Waals surface area contributed by atoms with Crippen LogP contribution >= 0.6 is 0 Å². The summed E-state index contributed by atoms with van der Waals surface area (Å²) in [5.41, 5.74) is 1.48. The number of benzene rings is 1. The largest absolute Gasteiger partial charge is 0.356 e. The predicted octanol–water partition coefficient (Wildman–Crippen LogP) is 4.65. The highest BCUT2D eigenvalue weighted by atomic mass is 16.2. The zero-order valence-corrected chi connectivity index (χ0v) is 17.3. The smallest absolute Gasteiger partial charge is 0.322 e. The van der Waals surface area contributed by atoms with E-state index in [0.29, 0.717) is 11.5 Å². The molecule has 0 radical (unpaired) electrons. The molecule has 1 aromatic carbocycles. The molecule has 1 N–H and O–H groups in total. The number of hydrogen-bond acceptors (Lipinski definition) is 4. The molecule has 6 heteroatoms. The summed E-state index contributed by atoms with van der Waals surface area (Å²) in [7, 11) is 0. The van der Waals surface area contributed by atoms with Crippen LogP contribution in [0.1, 0.15) is 44.1 Å². The zero-order chi connectivity index (χ0) is 20.8. The van der Waals surface area contributed by atoms with Gasteiger partial charge in [-0.25, -0.2) is 9.78 Å². The van der Waals surface area contributed by atoms with Crippen molar-refractivity contribution in [1.29, 1.82) is 5.26 Å². The molecule has 0 saturated carbocycles. The van der Waals surface area contributed by atoms with E-state index in [1.165, 1.54) is 12.8 Å². The molecule has 2 aliphatic heterocycles. The molecule has 0 aliphatic carbocycles. The summed E-state index contributed by atoms with van der Waals surface area (Å²) in [5.74, 6) is 1.27. The second-order valence-corrected chi connectivity index (χ2v) is 8.22. The number of piperidine rings is 1. The highest BCUT2D eigenvalue weighted by Crippen LogP contribution is 2.32. The molecule has 3 heterocycles. The molecular weight excluding hydrogens is 374 g/mol.